The van der Waals surface area contributed by atoms with E-state index < -0.39 is 0 Å². The first-order valence-corrected chi connectivity index (χ1v) is 7.26. The second kappa shape index (κ2) is 4.41. The Kier molecular flexibility index (Phi) is 2.66. The molecule has 4 aliphatic heterocycles. The smallest absolute Gasteiger partial charge is 0.292 e. The Hall–Kier alpha value is -1.69. The normalized spacial score (nSPS) is 35.0. The highest BCUT2D eigenvalue weighted by atomic mass is 16.5. The highest BCUT2D eigenvalue weighted by Crippen LogP contribution is 2.40. The maximum atomic E-state index is 6.18. The number of hydrogen-bond donors (Lipinski definition) is 1. The molecule has 1 aromatic rings. The second-order valence-corrected chi connectivity index (χ2v) is 5.99. The van der Waals surface area contributed by atoms with E-state index in [4.69, 9.17) is 4.74 Å². The minimum Gasteiger partial charge on any atom is -0.455 e. The van der Waals surface area contributed by atoms with Crippen LogP contribution in [0.25, 0.3) is 0 Å². The van der Waals surface area contributed by atoms with E-state index in [9.17, 15) is 0 Å². The van der Waals surface area contributed by atoms with Gasteiger partial charge < -0.3 is 4.74 Å². The molecular weight excluding hydrogens is 254 g/mol. The van der Waals surface area contributed by atoms with Gasteiger partial charge in [-0.25, -0.2) is 15.0 Å². The highest BCUT2D eigenvalue weighted by molar-refractivity contribution is 5.88. The summed E-state index contributed by atoms with van der Waals surface area (Å²) in [6.45, 7) is 6.11. The summed E-state index contributed by atoms with van der Waals surface area (Å²) in [5.74, 6) is 1.19. The molecule has 1 atom stereocenters. The van der Waals surface area contributed by atoms with Crippen LogP contribution in [0.3, 0.4) is 0 Å². The number of nitrogens with one attached hydrogen (secondary N) is 1. The van der Waals surface area contributed by atoms with Gasteiger partial charge in [0.15, 0.2) is 0 Å². The van der Waals surface area contributed by atoms with Gasteiger partial charge in [-0.2, -0.15) is 0 Å². The first-order valence-electron chi connectivity index (χ1n) is 7.26. The van der Waals surface area contributed by atoms with Gasteiger partial charge in [-0.1, -0.05) is 0 Å². The molecule has 0 aliphatic carbocycles. The minimum absolute atomic E-state index is 0.108. The van der Waals surface area contributed by atoms with Gasteiger partial charge in [-0.05, 0) is 38.9 Å². The summed E-state index contributed by atoms with van der Waals surface area (Å²) < 4.78 is 6.18. The molecule has 0 saturated carbocycles. The Balaban J connectivity index is 1.48. The van der Waals surface area contributed by atoms with Crippen molar-refractivity contribution in [2.24, 2.45) is 10.9 Å². The molecule has 3 fully saturated rings. The monoisotopic (exact) mass is 273 g/mol. The number of nitrogens with zero attached hydrogens (tertiary/aromatic N) is 4. The molecule has 1 spiro atoms. The molecule has 5 rings (SSSR count). The quantitative estimate of drug-likeness (QED) is 0.828. The van der Waals surface area contributed by atoms with Crippen LogP contribution in [0.15, 0.2) is 17.3 Å². The lowest BCUT2D eigenvalue weighted by Gasteiger charge is -2.50. The Bertz CT molecular complexity index is 552. The number of anilines is 1. The van der Waals surface area contributed by atoms with Crippen molar-refractivity contribution < 1.29 is 4.74 Å². The number of aromatic nitrogens is 2. The van der Waals surface area contributed by atoms with E-state index in [2.05, 4.69) is 25.2 Å². The van der Waals surface area contributed by atoms with Crippen molar-refractivity contribution in [3.05, 3.63) is 18.0 Å². The van der Waals surface area contributed by atoms with Crippen molar-refractivity contribution in [3.8, 4) is 0 Å². The van der Waals surface area contributed by atoms with E-state index >= 15 is 0 Å². The number of fused-ring (bicyclic) bond motifs is 2. The summed E-state index contributed by atoms with van der Waals surface area (Å²) in [5.41, 5.74) is 0.821. The number of amidine groups is 1. The van der Waals surface area contributed by atoms with Crippen LogP contribution in [-0.4, -0.2) is 52.7 Å². The van der Waals surface area contributed by atoms with Crippen molar-refractivity contribution in [1.29, 1.82) is 0 Å². The molecule has 1 aromatic heterocycles. The van der Waals surface area contributed by atoms with Crippen LogP contribution in [-0.2, 0) is 4.74 Å². The summed E-state index contributed by atoms with van der Waals surface area (Å²) in [7, 11) is 0. The van der Waals surface area contributed by atoms with E-state index in [1.165, 1.54) is 25.9 Å². The zero-order valence-corrected chi connectivity index (χ0v) is 11.7. The predicted octanol–water partition coefficient (Wildman–Crippen LogP) is 1.05. The predicted molar refractivity (Wildman–Crippen MR) is 75.7 cm³/mol. The van der Waals surface area contributed by atoms with E-state index in [1.807, 2.05) is 13.0 Å². The maximum Gasteiger partial charge on any atom is 0.292 e. The van der Waals surface area contributed by atoms with Crippen molar-refractivity contribution in [1.82, 2.24) is 14.9 Å². The van der Waals surface area contributed by atoms with E-state index in [-0.39, 0.29) is 5.60 Å². The van der Waals surface area contributed by atoms with Crippen LogP contribution in [0.1, 0.15) is 18.5 Å². The third-order valence-electron chi connectivity index (χ3n) is 4.63. The number of hydrogen-bond acceptors (Lipinski definition) is 6. The number of ether oxygens (including phenoxy) is 1. The van der Waals surface area contributed by atoms with Gasteiger partial charge in [0.2, 0.25) is 5.95 Å². The van der Waals surface area contributed by atoms with Gasteiger partial charge in [-0.15, -0.1) is 0 Å². The molecule has 3 saturated heterocycles. The van der Waals surface area contributed by atoms with Crippen molar-refractivity contribution >= 4 is 12.0 Å². The third kappa shape index (κ3) is 1.95. The summed E-state index contributed by atoms with van der Waals surface area (Å²) in [5, 5.41) is 3.10. The Morgan fingerprint density at radius 2 is 2.25 bits per heavy atom. The molecule has 4 aliphatic rings. The van der Waals surface area contributed by atoms with Crippen LogP contribution >= 0.6 is 0 Å². The molecule has 1 N–H and O–H groups in total. The van der Waals surface area contributed by atoms with Gasteiger partial charge in [0, 0.05) is 24.4 Å². The molecule has 106 valence electrons. The molecule has 0 amide bonds. The summed E-state index contributed by atoms with van der Waals surface area (Å²) in [6, 6.07) is 2.45. The Morgan fingerprint density at radius 1 is 1.40 bits per heavy atom. The molecule has 5 heterocycles. The van der Waals surface area contributed by atoms with Crippen LogP contribution in [0.2, 0.25) is 0 Å². The Labute approximate surface area is 118 Å². The third-order valence-corrected chi connectivity index (χ3v) is 4.63. The summed E-state index contributed by atoms with van der Waals surface area (Å²) in [6.07, 6.45) is 4.19. The fourth-order valence-electron chi connectivity index (χ4n) is 3.55. The number of aryl methyl sites for hydroxylation is 1. The van der Waals surface area contributed by atoms with Crippen molar-refractivity contribution in [2.45, 2.75) is 25.4 Å². The second-order valence-electron chi connectivity index (χ2n) is 5.99. The van der Waals surface area contributed by atoms with Crippen LogP contribution in [0, 0.1) is 12.8 Å². The number of rotatable bonds is 1. The van der Waals surface area contributed by atoms with Gasteiger partial charge in [0.25, 0.3) is 6.02 Å². The topological polar surface area (TPSA) is 62.6 Å². The van der Waals surface area contributed by atoms with Gasteiger partial charge >= 0.3 is 0 Å². The van der Waals surface area contributed by atoms with Crippen LogP contribution in [0.4, 0.5) is 5.95 Å². The average Bonchev–Trinajstić information content (AvgIpc) is 2.83. The van der Waals surface area contributed by atoms with Crippen LogP contribution < -0.4 is 5.32 Å². The summed E-state index contributed by atoms with van der Waals surface area (Å²) in [4.78, 5) is 15.5. The minimum atomic E-state index is -0.108. The van der Waals surface area contributed by atoms with Gasteiger partial charge in [-0.3, -0.25) is 10.2 Å². The van der Waals surface area contributed by atoms with E-state index in [0.29, 0.717) is 17.9 Å². The summed E-state index contributed by atoms with van der Waals surface area (Å²) >= 11 is 0. The van der Waals surface area contributed by atoms with E-state index in [0.717, 1.165) is 18.8 Å². The fraction of sp³-hybridized carbons (Fsp3) is 0.643. The maximum absolute atomic E-state index is 6.18. The standard InChI is InChI=1S/C14H19N5O/c1-10-2-5-15-12(17-10)18-13-16-8-14(20-13)9-19-6-3-11(14)4-7-19/h2,5,11H,3-4,6-9H2,1H3,(H,15,16,17,18)/t14-/m0/s1. The average molecular weight is 273 g/mol. The zero-order chi connectivity index (χ0) is 13.6. The molecule has 6 nitrogen and oxygen atoms in total. The number of piperidine rings is 3. The first-order chi connectivity index (χ1) is 9.73. The highest BCUT2D eigenvalue weighted by Gasteiger charge is 2.51. The molecule has 0 radical (unpaired) electrons. The molecule has 0 unspecified atom stereocenters. The lowest BCUT2D eigenvalue weighted by Crippen LogP contribution is -2.61. The number of aliphatic imine (C=N–C) groups is 1. The molecule has 6 heteroatoms. The van der Waals surface area contributed by atoms with Gasteiger partial charge in [0.05, 0.1) is 6.54 Å². The lowest BCUT2D eigenvalue weighted by molar-refractivity contribution is -0.0829. The molecule has 20 heavy (non-hydrogen) atoms. The fourth-order valence-corrected chi connectivity index (χ4v) is 3.55. The molecule has 0 aromatic carbocycles. The van der Waals surface area contributed by atoms with Crippen LogP contribution in [0.5, 0.6) is 0 Å². The zero-order valence-electron chi connectivity index (χ0n) is 11.7. The van der Waals surface area contributed by atoms with Crippen molar-refractivity contribution in [3.63, 3.8) is 0 Å². The first kappa shape index (κ1) is 12.1. The Morgan fingerprint density at radius 3 is 2.95 bits per heavy atom. The van der Waals surface area contributed by atoms with Crippen molar-refractivity contribution in [2.75, 3.05) is 31.5 Å². The van der Waals surface area contributed by atoms with E-state index in [1.54, 1.807) is 6.20 Å². The molecular formula is C14H19N5O. The SMILES string of the molecule is Cc1ccnc(NC2=NC[C@@]3(CN4CCC3CC4)O2)n1. The largest absolute Gasteiger partial charge is 0.455 e. The molecule has 2 bridgehead atoms. The van der Waals surface area contributed by atoms with Gasteiger partial charge in [0.1, 0.15) is 5.60 Å². The lowest BCUT2D eigenvalue weighted by atomic mass is 9.75.